The fourth-order valence-electron chi connectivity index (χ4n) is 3.61. The van der Waals surface area contributed by atoms with Gasteiger partial charge in [-0.2, -0.15) is 0 Å². The molecular formula is C24H28N2O4. The molecule has 30 heavy (non-hydrogen) atoms. The largest absolute Gasteiger partial charge is 0.503 e. The highest BCUT2D eigenvalue weighted by atomic mass is 16.5. The monoisotopic (exact) mass is 408 g/mol. The Morgan fingerprint density at radius 1 is 1.10 bits per heavy atom. The molecule has 3 rings (SSSR count). The van der Waals surface area contributed by atoms with Crippen LogP contribution in [0.5, 0.6) is 5.75 Å². The quantitative estimate of drug-likeness (QED) is 0.753. The second-order valence-electron chi connectivity index (χ2n) is 7.95. The van der Waals surface area contributed by atoms with E-state index in [0.29, 0.717) is 0 Å². The molecule has 2 aromatic rings. The van der Waals surface area contributed by atoms with Crippen LogP contribution in [-0.2, 0) is 16.1 Å². The summed E-state index contributed by atoms with van der Waals surface area (Å²) in [6.45, 7) is 3.80. The minimum absolute atomic E-state index is 0.168. The summed E-state index contributed by atoms with van der Waals surface area (Å²) < 4.78 is 5.20. The Morgan fingerprint density at radius 3 is 2.20 bits per heavy atom. The Balaban J connectivity index is 2.03. The highest BCUT2D eigenvalue weighted by Crippen LogP contribution is 2.40. The Morgan fingerprint density at radius 2 is 1.70 bits per heavy atom. The predicted molar refractivity (Wildman–Crippen MR) is 117 cm³/mol. The third-order valence-corrected chi connectivity index (χ3v) is 5.33. The maximum Gasteiger partial charge on any atom is 0.290 e. The molecule has 0 radical (unpaired) electrons. The van der Waals surface area contributed by atoms with Gasteiger partial charge in [-0.25, -0.2) is 0 Å². The molecule has 0 bridgehead atoms. The van der Waals surface area contributed by atoms with Gasteiger partial charge in [-0.1, -0.05) is 38.1 Å². The summed E-state index contributed by atoms with van der Waals surface area (Å²) in [6.07, 6.45) is 0. The van der Waals surface area contributed by atoms with Gasteiger partial charge in [-0.05, 0) is 35.4 Å². The summed E-state index contributed by atoms with van der Waals surface area (Å²) in [4.78, 5) is 29.4. The van der Waals surface area contributed by atoms with Gasteiger partial charge in [-0.3, -0.25) is 9.59 Å². The average molecular weight is 408 g/mol. The van der Waals surface area contributed by atoms with Crippen molar-refractivity contribution in [3.8, 4) is 5.75 Å². The first-order valence-corrected chi connectivity index (χ1v) is 9.93. The minimum Gasteiger partial charge on any atom is -0.503 e. The molecule has 0 aromatic heterocycles. The Bertz CT molecular complexity index is 960. The number of hydrogen-bond donors (Lipinski definition) is 1. The van der Waals surface area contributed by atoms with Gasteiger partial charge in [0.05, 0.1) is 18.7 Å². The molecule has 0 aliphatic carbocycles. The molecule has 0 saturated heterocycles. The number of aliphatic hydroxyl groups is 1. The van der Waals surface area contributed by atoms with E-state index in [1.807, 2.05) is 67.5 Å². The molecule has 6 heteroatoms. The maximum atomic E-state index is 13.0. The molecule has 1 heterocycles. The topological polar surface area (TPSA) is 70.1 Å². The van der Waals surface area contributed by atoms with Gasteiger partial charge in [0.1, 0.15) is 5.75 Å². The number of methoxy groups -OCH3 is 1. The number of benzene rings is 2. The number of carbonyl (C=O) groups is 2. The van der Waals surface area contributed by atoms with Crippen LogP contribution in [0.4, 0.5) is 5.69 Å². The van der Waals surface area contributed by atoms with Gasteiger partial charge in [0, 0.05) is 32.2 Å². The van der Waals surface area contributed by atoms with E-state index in [2.05, 4.69) is 0 Å². The molecule has 1 atom stereocenters. The predicted octanol–water partition coefficient (Wildman–Crippen LogP) is 3.88. The molecule has 0 spiro atoms. The van der Waals surface area contributed by atoms with Gasteiger partial charge in [0.2, 0.25) is 0 Å². The molecule has 158 valence electrons. The summed E-state index contributed by atoms with van der Waals surface area (Å²) in [5, 5.41) is 10.6. The lowest BCUT2D eigenvalue weighted by molar-refractivity contribution is -0.130. The van der Waals surface area contributed by atoms with Gasteiger partial charge in [0.25, 0.3) is 5.91 Å². The van der Waals surface area contributed by atoms with Crippen LogP contribution in [0.15, 0.2) is 59.9 Å². The number of ether oxygens (including phenoxy) is 1. The standard InChI is InChI=1S/C24H28N2O4/c1-15(2)22(27)20-21(17-8-10-18(11-9-17)25(3)4)26(24(29)23(20)28)14-16-6-12-19(30-5)13-7-16/h6-13,15,21,28H,14H2,1-5H3. The second kappa shape index (κ2) is 8.61. The zero-order valence-corrected chi connectivity index (χ0v) is 18.0. The lowest BCUT2D eigenvalue weighted by atomic mass is 9.91. The van der Waals surface area contributed by atoms with E-state index in [4.69, 9.17) is 4.74 Å². The summed E-state index contributed by atoms with van der Waals surface area (Å²) in [5.41, 5.74) is 2.84. The number of nitrogens with zero attached hydrogens (tertiary/aromatic N) is 2. The third kappa shape index (κ3) is 4.03. The fraction of sp³-hybridized carbons (Fsp3) is 0.333. The summed E-state index contributed by atoms with van der Waals surface area (Å²) >= 11 is 0. The lowest BCUT2D eigenvalue weighted by Crippen LogP contribution is -2.31. The molecule has 1 aliphatic heterocycles. The van der Waals surface area contributed by atoms with E-state index in [9.17, 15) is 14.7 Å². The summed E-state index contributed by atoms with van der Waals surface area (Å²) in [7, 11) is 5.49. The molecule has 0 fully saturated rings. The van der Waals surface area contributed by atoms with Crippen molar-refractivity contribution in [1.29, 1.82) is 0 Å². The van der Waals surface area contributed by atoms with Crippen LogP contribution in [-0.4, -0.2) is 42.9 Å². The number of rotatable bonds is 7. The molecule has 1 unspecified atom stereocenters. The van der Waals surface area contributed by atoms with E-state index in [-0.39, 0.29) is 23.8 Å². The molecule has 6 nitrogen and oxygen atoms in total. The Hall–Kier alpha value is -3.28. The molecule has 0 saturated carbocycles. The van der Waals surface area contributed by atoms with Crippen LogP contribution in [0.2, 0.25) is 0 Å². The number of amides is 1. The summed E-state index contributed by atoms with van der Waals surface area (Å²) in [5.74, 6) is -0.821. The van der Waals surface area contributed by atoms with Gasteiger partial charge >= 0.3 is 0 Å². The molecule has 1 N–H and O–H groups in total. The van der Waals surface area contributed by atoms with Crippen molar-refractivity contribution in [3.05, 3.63) is 71.0 Å². The van der Waals surface area contributed by atoms with Crippen molar-refractivity contribution in [2.24, 2.45) is 5.92 Å². The highest BCUT2D eigenvalue weighted by molar-refractivity contribution is 6.09. The number of Topliss-reactive ketones (excluding diaryl/α,β-unsaturated/α-hetero) is 1. The summed E-state index contributed by atoms with van der Waals surface area (Å²) in [6, 6.07) is 14.5. The van der Waals surface area contributed by atoms with Crippen molar-refractivity contribution in [3.63, 3.8) is 0 Å². The van der Waals surface area contributed by atoms with Gasteiger partial charge < -0.3 is 19.6 Å². The van der Waals surface area contributed by atoms with Crippen molar-refractivity contribution in [1.82, 2.24) is 4.90 Å². The Kier molecular flexibility index (Phi) is 6.15. The van der Waals surface area contributed by atoms with E-state index >= 15 is 0 Å². The highest BCUT2D eigenvalue weighted by Gasteiger charge is 2.43. The van der Waals surface area contributed by atoms with Gasteiger partial charge in [-0.15, -0.1) is 0 Å². The van der Waals surface area contributed by atoms with E-state index in [1.165, 1.54) is 0 Å². The smallest absolute Gasteiger partial charge is 0.290 e. The number of hydrogen-bond acceptors (Lipinski definition) is 5. The van der Waals surface area contributed by atoms with Crippen LogP contribution < -0.4 is 9.64 Å². The van der Waals surface area contributed by atoms with E-state index in [1.54, 1.807) is 25.9 Å². The zero-order valence-electron chi connectivity index (χ0n) is 18.0. The molecular weight excluding hydrogens is 380 g/mol. The molecule has 1 aliphatic rings. The normalized spacial score (nSPS) is 16.4. The van der Waals surface area contributed by atoms with E-state index in [0.717, 1.165) is 22.6 Å². The van der Waals surface area contributed by atoms with Crippen molar-refractivity contribution >= 4 is 17.4 Å². The van der Waals surface area contributed by atoms with Crippen molar-refractivity contribution in [2.75, 3.05) is 26.1 Å². The maximum absolute atomic E-state index is 13.0. The fourth-order valence-corrected chi connectivity index (χ4v) is 3.61. The minimum atomic E-state index is -0.634. The molecule has 1 amide bonds. The first kappa shape index (κ1) is 21.4. The van der Waals surface area contributed by atoms with Crippen molar-refractivity contribution in [2.45, 2.75) is 26.4 Å². The third-order valence-electron chi connectivity index (χ3n) is 5.33. The first-order chi connectivity index (χ1) is 14.2. The van der Waals surface area contributed by atoms with E-state index < -0.39 is 17.7 Å². The SMILES string of the molecule is COc1ccc(CN2C(=O)C(O)=C(C(=O)C(C)C)C2c2ccc(N(C)C)cc2)cc1. The molecule has 2 aromatic carbocycles. The number of carbonyl (C=O) groups excluding carboxylic acids is 2. The van der Waals surface area contributed by atoms with Crippen LogP contribution in [0.1, 0.15) is 31.0 Å². The zero-order chi connectivity index (χ0) is 22.0. The van der Waals surface area contributed by atoms with Crippen LogP contribution in [0, 0.1) is 5.92 Å². The number of anilines is 1. The average Bonchev–Trinajstić information content (AvgIpc) is 2.98. The Labute approximate surface area is 177 Å². The first-order valence-electron chi connectivity index (χ1n) is 9.93. The number of ketones is 1. The van der Waals surface area contributed by atoms with Gasteiger partial charge in [0.15, 0.2) is 11.5 Å². The second-order valence-corrected chi connectivity index (χ2v) is 7.95. The van der Waals surface area contributed by atoms with Crippen LogP contribution in [0.25, 0.3) is 0 Å². The van der Waals surface area contributed by atoms with Crippen molar-refractivity contribution < 1.29 is 19.4 Å². The number of aliphatic hydroxyl groups excluding tert-OH is 1. The van der Waals surface area contributed by atoms with Crippen LogP contribution in [0.3, 0.4) is 0 Å². The van der Waals surface area contributed by atoms with Crippen LogP contribution >= 0.6 is 0 Å². The lowest BCUT2D eigenvalue weighted by Gasteiger charge is -2.28.